The highest BCUT2D eigenvalue weighted by Gasteiger charge is 2.10. The van der Waals surface area contributed by atoms with Crippen molar-refractivity contribution < 1.29 is 8.78 Å². The highest BCUT2D eigenvalue weighted by atomic mass is 32.1. The van der Waals surface area contributed by atoms with Crippen LogP contribution in [0.5, 0.6) is 0 Å². The molecule has 2 nitrogen and oxygen atoms in total. The van der Waals surface area contributed by atoms with Crippen LogP contribution in [0.4, 0.5) is 14.5 Å². The molecular formula is C16H16F2N2S. The van der Waals surface area contributed by atoms with Crippen molar-refractivity contribution >= 4 is 22.9 Å². The molecule has 0 fully saturated rings. The Balaban J connectivity index is 2.24. The van der Waals surface area contributed by atoms with Crippen molar-refractivity contribution in [3.05, 3.63) is 65.2 Å². The topological polar surface area (TPSA) is 29.3 Å². The highest BCUT2D eigenvalue weighted by molar-refractivity contribution is 7.80. The first-order chi connectivity index (χ1) is 10.0. The second-order valence-corrected chi connectivity index (χ2v) is 5.11. The number of nitrogens with two attached hydrogens (primary N) is 1. The average Bonchev–Trinajstić information content (AvgIpc) is 2.47. The van der Waals surface area contributed by atoms with Gasteiger partial charge >= 0.3 is 0 Å². The maximum atomic E-state index is 13.6. The van der Waals surface area contributed by atoms with Gasteiger partial charge < -0.3 is 10.6 Å². The van der Waals surface area contributed by atoms with Gasteiger partial charge in [0, 0.05) is 24.3 Å². The van der Waals surface area contributed by atoms with Crippen LogP contribution in [-0.2, 0) is 6.54 Å². The molecule has 2 aromatic carbocycles. The number of hydrogen-bond donors (Lipinski definition) is 1. The summed E-state index contributed by atoms with van der Waals surface area (Å²) in [4.78, 5) is 2.09. The Labute approximate surface area is 128 Å². The standard InChI is InChI=1S/C16H16F2N2S/c1-2-20(13-6-4-12(17)5-7-13)10-11-3-8-15(18)14(9-11)16(19)21/h3-9H,2,10H2,1H3,(H2,19,21). The second kappa shape index (κ2) is 6.63. The Bertz CT molecular complexity index is 641. The minimum Gasteiger partial charge on any atom is -0.389 e. The van der Waals surface area contributed by atoms with Gasteiger partial charge in [0.05, 0.1) is 0 Å². The molecule has 0 bridgehead atoms. The fraction of sp³-hybridized carbons (Fsp3) is 0.188. The summed E-state index contributed by atoms with van der Waals surface area (Å²) in [5, 5.41) is 0. The third kappa shape index (κ3) is 3.76. The molecule has 0 aliphatic heterocycles. The van der Waals surface area contributed by atoms with Crippen LogP contribution in [0.2, 0.25) is 0 Å². The summed E-state index contributed by atoms with van der Waals surface area (Å²) in [5.41, 5.74) is 7.56. The number of rotatable bonds is 5. The molecule has 0 radical (unpaired) electrons. The number of halogens is 2. The fourth-order valence-electron chi connectivity index (χ4n) is 2.12. The SMILES string of the molecule is CCN(Cc1ccc(F)c(C(N)=S)c1)c1ccc(F)cc1. The number of nitrogens with zero attached hydrogens (tertiary/aromatic N) is 1. The van der Waals surface area contributed by atoms with E-state index in [9.17, 15) is 8.78 Å². The molecule has 0 saturated carbocycles. The summed E-state index contributed by atoms with van der Waals surface area (Å²) in [7, 11) is 0. The van der Waals surface area contributed by atoms with Gasteiger partial charge in [-0.1, -0.05) is 18.3 Å². The number of anilines is 1. The summed E-state index contributed by atoms with van der Waals surface area (Å²) in [6.45, 7) is 3.31. The lowest BCUT2D eigenvalue weighted by Gasteiger charge is -2.23. The smallest absolute Gasteiger partial charge is 0.133 e. The molecule has 0 aliphatic rings. The van der Waals surface area contributed by atoms with Crippen LogP contribution in [0.15, 0.2) is 42.5 Å². The summed E-state index contributed by atoms with van der Waals surface area (Å²) < 4.78 is 26.6. The van der Waals surface area contributed by atoms with Crippen molar-refractivity contribution in [2.75, 3.05) is 11.4 Å². The molecule has 0 unspecified atom stereocenters. The minimum absolute atomic E-state index is 0.0409. The molecule has 0 aliphatic carbocycles. The van der Waals surface area contributed by atoms with Gasteiger partial charge in [-0.15, -0.1) is 0 Å². The Kier molecular flexibility index (Phi) is 4.85. The fourth-order valence-corrected chi connectivity index (χ4v) is 2.27. The zero-order valence-corrected chi connectivity index (χ0v) is 12.5. The van der Waals surface area contributed by atoms with Crippen LogP contribution in [0.25, 0.3) is 0 Å². The molecule has 0 amide bonds. The summed E-state index contributed by atoms with van der Waals surface area (Å²) >= 11 is 4.84. The molecule has 2 N–H and O–H groups in total. The Morgan fingerprint density at radius 2 is 1.81 bits per heavy atom. The lowest BCUT2D eigenvalue weighted by molar-refractivity contribution is 0.624. The molecule has 5 heteroatoms. The third-order valence-electron chi connectivity index (χ3n) is 3.24. The first-order valence-corrected chi connectivity index (χ1v) is 7.01. The maximum Gasteiger partial charge on any atom is 0.133 e. The van der Waals surface area contributed by atoms with Crippen LogP contribution < -0.4 is 10.6 Å². The molecule has 2 aromatic rings. The van der Waals surface area contributed by atoms with E-state index in [2.05, 4.69) is 4.90 Å². The van der Waals surface area contributed by atoms with Crippen molar-refractivity contribution in [1.82, 2.24) is 0 Å². The van der Waals surface area contributed by atoms with Crippen molar-refractivity contribution in [3.63, 3.8) is 0 Å². The van der Waals surface area contributed by atoms with Gasteiger partial charge in [-0.05, 0) is 48.9 Å². The number of thiocarbonyl (C=S) groups is 1. The minimum atomic E-state index is -0.420. The second-order valence-electron chi connectivity index (χ2n) is 4.67. The van der Waals surface area contributed by atoms with E-state index in [0.717, 1.165) is 17.8 Å². The van der Waals surface area contributed by atoms with Crippen LogP contribution >= 0.6 is 12.2 Å². The predicted molar refractivity (Wildman–Crippen MR) is 85.4 cm³/mol. The Hall–Kier alpha value is -2.01. The van der Waals surface area contributed by atoms with Gasteiger partial charge in [-0.3, -0.25) is 0 Å². The van der Waals surface area contributed by atoms with Crippen LogP contribution in [-0.4, -0.2) is 11.5 Å². The van der Waals surface area contributed by atoms with Crippen molar-refractivity contribution in [3.8, 4) is 0 Å². The van der Waals surface area contributed by atoms with E-state index in [0.29, 0.717) is 6.54 Å². The summed E-state index contributed by atoms with van der Waals surface area (Å²) in [5.74, 6) is -0.691. The quantitative estimate of drug-likeness (QED) is 0.855. The van der Waals surface area contributed by atoms with E-state index in [1.165, 1.54) is 18.2 Å². The molecule has 0 atom stereocenters. The number of benzene rings is 2. The highest BCUT2D eigenvalue weighted by Crippen LogP contribution is 2.19. The molecule has 0 saturated heterocycles. The van der Waals surface area contributed by atoms with E-state index >= 15 is 0 Å². The molecule has 0 aromatic heterocycles. The van der Waals surface area contributed by atoms with Gasteiger partial charge in [0.25, 0.3) is 0 Å². The third-order valence-corrected chi connectivity index (χ3v) is 3.46. The first-order valence-electron chi connectivity index (χ1n) is 6.60. The zero-order chi connectivity index (χ0) is 15.4. The zero-order valence-electron chi connectivity index (χ0n) is 11.6. The van der Waals surface area contributed by atoms with Crippen molar-refractivity contribution in [2.45, 2.75) is 13.5 Å². The molecule has 110 valence electrons. The van der Waals surface area contributed by atoms with Crippen LogP contribution in [0.3, 0.4) is 0 Å². The number of hydrogen-bond acceptors (Lipinski definition) is 2. The largest absolute Gasteiger partial charge is 0.389 e. The Morgan fingerprint density at radius 1 is 1.14 bits per heavy atom. The average molecular weight is 306 g/mol. The lowest BCUT2D eigenvalue weighted by atomic mass is 10.1. The lowest BCUT2D eigenvalue weighted by Crippen LogP contribution is -2.22. The molecule has 21 heavy (non-hydrogen) atoms. The monoisotopic (exact) mass is 306 g/mol. The molecule has 2 rings (SSSR count). The van der Waals surface area contributed by atoms with Gasteiger partial charge in [-0.25, -0.2) is 8.78 Å². The van der Waals surface area contributed by atoms with Crippen LogP contribution in [0.1, 0.15) is 18.1 Å². The van der Waals surface area contributed by atoms with E-state index in [1.807, 2.05) is 6.92 Å². The molecule has 0 spiro atoms. The predicted octanol–water partition coefficient (Wildman–Crippen LogP) is 3.63. The van der Waals surface area contributed by atoms with E-state index in [-0.39, 0.29) is 16.4 Å². The van der Waals surface area contributed by atoms with Crippen molar-refractivity contribution in [1.29, 1.82) is 0 Å². The van der Waals surface area contributed by atoms with E-state index in [4.69, 9.17) is 18.0 Å². The van der Waals surface area contributed by atoms with Gasteiger partial charge in [0.15, 0.2) is 0 Å². The molecule has 0 heterocycles. The Morgan fingerprint density at radius 3 is 2.38 bits per heavy atom. The molecular weight excluding hydrogens is 290 g/mol. The summed E-state index contributed by atoms with van der Waals surface area (Å²) in [6.07, 6.45) is 0. The normalized spacial score (nSPS) is 10.4. The van der Waals surface area contributed by atoms with Gasteiger partial charge in [0.1, 0.15) is 16.6 Å². The van der Waals surface area contributed by atoms with Crippen molar-refractivity contribution in [2.24, 2.45) is 5.73 Å². The van der Waals surface area contributed by atoms with Crippen LogP contribution in [0, 0.1) is 11.6 Å². The van der Waals surface area contributed by atoms with E-state index in [1.54, 1.807) is 24.3 Å². The summed E-state index contributed by atoms with van der Waals surface area (Å²) in [6, 6.07) is 11.0. The van der Waals surface area contributed by atoms with E-state index < -0.39 is 5.82 Å². The van der Waals surface area contributed by atoms with Gasteiger partial charge in [0.2, 0.25) is 0 Å². The van der Waals surface area contributed by atoms with Gasteiger partial charge in [-0.2, -0.15) is 0 Å². The maximum absolute atomic E-state index is 13.6. The first kappa shape index (κ1) is 15.4.